The Balaban J connectivity index is 1.81. The number of hydrogen-bond acceptors (Lipinski definition) is 2. The van der Waals surface area contributed by atoms with Crippen molar-refractivity contribution in [1.82, 2.24) is 15.1 Å². The quantitative estimate of drug-likeness (QED) is 0.828. The van der Waals surface area contributed by atoms with Crippen molar-refractivity contribution in [1.29, 1.82) is 0 Å². The minimum absolute atomic E-state index is 0.466. The molecule has 1 aromatic rings. The van der Waals surface area contributed by atoms with E-state index in [1.807, 2.05) is 0 Å². The van der Waals surface area contributed by atoms with Crippen LogP contribution in [0.3, 0.4) is 0 Å². The van der Waals surface area contributed by atoms with Gasteiger partial charge in [-0.05, 0) is 26.7 Å². The molecule has 0 bridgehead atoms. The van der Waals surface area contributed by atoms with Crippen molar-refractivity contribution in [3.8, 4) is 0 Å². The molecule has 1 atom stereocenters. The number of rotatable bonds is 2. The summed E-state index contributed by atoms with van der Waals surface area (Å²) in [6.07, 6.45) is 9.90. The second-order valence-corrected chi connectivity index (χ2v) is 5.73. The lowest BCUT2D eigenvalue weighted by atomic mass is 9.70. The van der Waals surface area contributed by atoms with Gasteiger partial charge < -0.3 is 5.32 Å². The lowest BCUT2D eigenvalue weighted by Gasteiger charge is -2.48. The summed E-state index contributed by atoms with van der Waals surface area (Å²) >= 11 is 0. The molecule has 1 aliphatic heterocycles. The molecule has 1 aromatic heterocycles. The molecule has 1 saturated carbocycles. The van der Waals surface area contributed by atoms with Gasteiger partial charge in [0.1, 0.15) is 0 Å². The highest BCUT2D eigenvalue weighted by Gasteiger charge is 2.49. The Kier molecular flexibility index (Phi) is 2.32. The Morgan fingerprint density at radius 3 is 2.69 bits per heavy atom. The first kappa shape index (κ1) is 10.3. The van der Waals surface area contributed by atoms with Crippen LogP contribution in [-0.4, -0.2) is 16.3 Å². The van der Waals surface area contributed by atoms with Crippen molar-refractivity contribution >= 4 is 0 Å². The molecule has 0 amide bonds. The molecule has 3 nitrogen and oxygen atoms in total. The zero-order chi connectivity index (χ0) is 11.2. The van der Waals surface area contributed by atoms with Crippen molar-refractivity contribution in [2.45, 2.75) is 51.6 Å². The van der Waals surface area contributed by atoms with Gasteiger partial charge in [0.2, 0.25) is 0 Å². The highest BCUT2D eigenvalue weighted by molar-refractivity contribution is 5.21. The van der Waals surface area contributed by atoms with E-state index >= 15 is 0 Å². The molecule has 1 N–H and O–H groups in total. The first-order valence-electron chi connectivity index (χ1n) is 6.49. The van der Waals surface area contributed by atoms with Gasteiger partial charge in [-0.1, -0.05) is 12.8 Å². The van der Waals surface area contributed by atoms with Crippen molar-refractivity contribution in [2.75, 3.05) is 6.54 Å². The SMILES string of the molecule is CC(C)n1cc([C@@H]2NCC23CCCC3)cn1. The van der Waals surface area contributed by atoms with Gasteiger partial charge >= 0.3 is 0 Å². The Hall–Kier alpha value is -0.830. The van der Waals surface area contributed by atoms with Crippen LogP contribution in [0, 0.1) is 5.41 Å². The third-order valence-corrected chi connectivity index (χ3v) is 4.35. The predicted molar refractivity (Wildman–Crippen MR) is 64.3 cm³/mol. The lowest BCUT2D eigenvalue weighted by Crippen LogP contribution is -2.54. The smallest absolute Gasteiger partial charge is 0.0537 e. The van der Waals surface area contributed by atoms with Crippen molar-refractivity contribution < 1.29 is 0 Å². The molecule has 0 unspecified atom stereocenters. The van der Waals surface area contributed by atoms with Crippen molar-refractivity contribution in [2.24, 2.45) is 5.41 Å². The molecule has 2 heterocycles. The van der Waals surface area contributed by atoms with Crippen LogP contribution in [0.25, 0.3) is 0 Å². The molecule has 0 aromatic carbocycles. The molecule has 1 spiro atoms. The first-order valence-corrected chi connectivity index (χ1v) is 6.49. The van der Waals surface area contributed by atoms with E-state index in [1.165, 1.54) is 37.8 Å². The maximum absolute atomic E-state index is 4.45. The highest BCUT2D eigenvalue weighted by Crippen LogP contribution is 2.52. The first-order chi connectivity index (χ1) is 7.71. The summed E-state index contributed by atoms with van der Waals surface area (Å²) in [6, 6.07) is 1.04. The monoisotopic (exact) mass is 219 g/mol. The van der Waals surface area contributed by atoms with E-state index < -0.39 is 0 Å². The standard InChI is InChI=1S/C13H21N3/c1-10(2)16-8-11(7-15-16)12-13(9-14-12)5-3-4-6-13/h7-8,10,12,14H,3-6,9H2,1-2H3/t12-/m0/s1. The molecule has 16 heavy (non-hydrogen) atoms. The summed E-state index contributed by atoms with van der Waals surface area (Å²) in [5.41, 5.74) is 1.96. The van der Waals surface area contributed by atoms with E-state index in [1.54, 1.807) is 0 Å². The summed E-state index contributed by atoms with van der Waals surface area (Å²) in [5, 5.41) is 8.04. The van der Waals surface area contributed by atoms with E-state index in [0.717, 1.165) is 0 Å². The van der Waals surface area contributed by atoms with Crippen LogP contribution in [0.1, 0.15) is 57.2 Å². The van der Waals surface area contributed by atoms with Crippen molar-refractivity contribution in [3.05, 3.63) is 18.0 Å². The van der Waals surface area contributed by atoms with Crippen molar-refractivity contribution in [3.63, 3.8) is 0 Å². The van der Waals surface area contributed by atoms with Gasteiger partial charge in [0.15, 0.2) is 0 Å². The summed E-state index contributed by atoms with van der Waals surface area (Å²) in [7, 11) is 0. The Labute approximate surface area is 97.2 Å². The average Bonchev–Trinajstić information content (AvgIpc) is 2.85. The van der Waals surface area contributed by atoms with Gasteiger partial charge in [0.25, 0.3) is 0 Å². The van der Waals surface area contributed by atoms with E-state index in [2.05, 4.69) is 41.3 Å². The van der Waals surface area contributed by atoms with E-state index in [4.69, 9.17) is 0 Å². The topological polar surface area (TPSA) is 29.9 Å². The summed E-state index contributed by atoms with van der Waals surface area (Å²) in [6.45, 7) is 5.57. The summed E-state index contributed by atoms with van der Waals surface area (Å²) in [5.74, 6) is 0. The molecule has 0 radical (unpaired) electrons. The fraction of sp³-hybridized carbons (Fsp3) is 0.769. The second kappa shape index (κ2) is 3.59. The predicted octanol–water partition coefficient (Wildman–Crippen LogP) is 2.67. The molecule has 1 aliphatic carbocycles. The Morgan fingerprint density at radius 2 is 2.19 bits per heavy atom. The van der Waals surface area contributed by atoms with Gasteiger partial charge in [-0.25, -0.2) is 0 Å². The molecule has 2 aliphatic rings. The normalized spacial score (nSPS) is 27.6. The van der Waals surface area contributed by atoms with E-state index in [0.29, 0.717) is 17.5 Å². The van der Waals surface area contributed by atoms with Crippen LogP contribution in [0.2, 0.25) is 0 Å². The highest BCUT2D eigenvalue weighted by atomic mass is 15.3. The summed E-state index contributed by atoms with van der Waals surface area (Å²) in [4.78, 5) is 0. The summed E-state index contributed by atoms with van der Waals surface area (Å²) < 4.78 is 2.07. The van der Waals surface area contributed by atoms with Crippen LogP contribution in [0.5, 0.6) is 0 Å². The molecule has 1 saturated heterocycles. The molecule has 3 heteroatoms. The van der Waals surface area contributed by atoms with Crippen LogP contribution >= 0.6 is 0 Å². The van der Waals surface area contributed by atoms with Gasteiger partial charge in [-0.15, -0.1) is 0 Å². The van der Waals surface area contributed by atoms with Crippen LogP contribution in [-0.2, 0) is 0 Å². The third-order valence-electron chi connectivity index (χ3n) is 4.35. The lowest BCUT2D eigenvalue weighted by molar-refractivity contribution is 0.0893. The van der Waals surface area contributed by atoms with E-state index in [-0.39, 0.29) is 0 Å². The molecule has 3 rings (SSSR count). The molecular formula is C13H21N3. The van der Waals surface area contributed by atoms with Gasteiger partial charge in [-0.2, -0.15) is 5.10 Å². The van der Waals surface area contributed by atoms with Crippen LogP contribution < -0.4 is 5.32 Å². The minimum Gasteiger partial charge on any atom is -0.309 e. The third kappa shape index (κ3) is 1.41. The van der Waals surface area contributed by atoms with Gasteiger partial charge in [0.05, 0.1) is 6.20 Å². The maximum Gasteiger partial charge on any atom is 0.0537 e. The largest absolute Gasteiger partial charge is 0.309 e. The van der Waals surface area contributed by atoms with Crippen LogP contribution in [0.15, 0.2) is 12.4 Å². The molecular weight excluding hydrogens is 198 g/mol. The average molecular weight is 219 g/mol. The number of nitrogens with one attached hydrogen (secondary N) is 1. The Morgan fingerprint density at radius 1 is 1.44 bits per heavy atom. The fourth-order valence-electron chi connectivity index (χ4n) is 3.29. The fourth-order valence-corrected chi connectivity index (χ4v) is 3.29. The minimum atomic E-state index is 0.466. The number of hydrogen-bond donors (Lipinski definition) is 1. The van der Waals surface area contributed by atoms with Crippen LogP contribution in [0.4, 0.5) is 0 Å². The zero-order valence-corrected chi connectivity index (χ0v) is 10.2. The number of aromatic nitrogens is 2. The van der Waals surface area contributed by atoms with E-state index in [9.17, 15) is 0 Å². The van der Waals surface area contributed by atoms with Gasteiger partial charge in [0, 0.05) is 35.8 Å². The molecule has 2 fully saturated rings. The number of nitrogens with zero attached hydrogens (tertiary/aromatic N) is 2. The molecule has 88 valence electrons. The second-order valence-electron chi connectivity index (χ2n) is 5.73. The maximum atomic E-state index is 4.45. The Bertz CT molecular complexity index is 374. The zero-order valence-electron chi connectivity index (χ0n) is 10.2. The van der Waals surface area contributed by atoms with Gasteiger partial charge in [-0.3, -0.25) is 4.68 Å².